The van der Waals surface area contributed by atoms with Crippen LogP contribution in [0, 0.1) is 11.7 Å². The fourth-order valence-corrected chi connectivity index (χ4v) is 2.24. The summed E-state index contributed by atoms with van der Waals surface area (Å²) in [5, 5.41) is 6.67. The summed E-state index contributed by atoms with van der Waals surface area (Å²) in [6.45, 7) is 3.82. The van der Waals surface area contributed by atoms with Crippen molar-refractivity contribution in [2.45, 2.75) is 19.9 Å². The highest BCUT2D eigenvalue weighted by Crippen LogP contribution is 2.24. The molecule has 24 heavy (non-hydrogen) atoms. The van der Waals surface area contributed by atoms with Crippen LogP contribution in [0.2, 0.25) is 0 Å². The lowest BCUT2D eigenvalue weighted by atomic mass is 10.0. The van der Waals surface area contributed by atoms with E-state index < -0.39 is 17.8 Å². The van der Waals surface area contributed by atoms with Crippen LogP contribution in [0.15, 0.2) is 51.6 Å². The third-order valence-corrected chi connectivity index (χ3v) is 3.49. The Morgan fingerprint density at radius 2 is 2.08 bits per heavy atom. The van der Waals surface area contributed by atoms with Crippen molar-refractivity contribution in [3.05, 3.63) is 59.9 Å². The van der Waals surface area contributed by atoms with Crippen LogP contribution in [0.3, 0.4) is 0 Å². The number of carbonyl (C=O) groups excluding carboxylic acids is 1. The summed E-state index contributed by atoms with van der Waals surface area (Å²) in [7, 11) is 0. The normalized spacial score (nSPS) is 12.3. The van der Waals surface area contributed by atoms with Crippen LogP contribution in [0.5, 0.6) is 0 Å². The van der Waals surface area contributed by atoms with E-state index >= 15 is 0 Å². The minimum atomic E-state index is -0.503. The number of hydrogen-bond donors (Lipinski definition) is 1. The van der Waals surface area contributed by atoms with Crippen LogP contribution in [-0.4, -0.2) is 16.0 Å². The maximum atomic E-state index is 13.3. The molecule has 2 heterocycles. The number of benzene rings is 1. The summed E-state index contributed by atoms with van der Waals surface area (Å²) in [5.41, 5.74) is 0.228. The van der Waals surface area contributed by atoms with E-state index in [9.17, 15) is 9.18 Å². The first-order valence-electron chi connectivity index (χ1n) is 7.48. The van der Waals surface area contributed by atoms with Crippen molar-refractivity contribution in [2.75, 3.05) is 0 Å². The Kier molecular flexibility index (Phi) is 4.41. The van der Waals surface area contributed by atoms with Crippen molar-refractivity contribution in [1.82, 2.24) is 15.5 Å². The number of furan rings is 1. The predicted octanol–water partition coefficient (Wildman–Crippen LogP) is 3.60. The quantitative estimate of drug-likeness (QED) is 0.773. The van der Waals surface area contributed by atoms with E-state index in [1.165, 1.54) is 30.5 Å². The highest BCUT2D eigenvalue weighted by molar-refractivity contribution is 5.94. The highest BCUT2D eigenvalue weighted by atomic mass is 19.1. The van der Waals surface area contributed by atoms with Crippen LogP contribution in [-0.2, 0) is 0 Å². The second kappa shape index (κ2) is 6.66. The van der Waals surface area contributed by atoms with Crippen LogP contribution >= 0.6 is 0 Å². The molecule has 0 saturated carbocycles. The molecule has 0 saturated heterocycles. The van der Waals surface area contributed by atoms with Gasteiger partial charge >= 0.3 is 0 Å². The second-order valence-corrected chi connectivity index (χ2v) is 5.64. The Morgan fingerprint density at radius 1 is 1.25 bits per heavy atom. The standard InChI is InChI=1S/C17H16FN3O3/c1-10(2)14(19-16(22)11-5-3-6-12(18)9-11)17-20-15(21-24-17)13-7-4-8-23-13/h3-10,14H,1-2H3,(H,19,22). The molecule has 0 aliphatic carbocycles. The van der Waals surface area contributed by atoms with Gasteiger partial charge in [-0.15, -0.1) is 0 Å². The maximum Gasteiger partial charge on any atom is 0.252 e. The molecule has 3 aromatic rings. The first-order valence-corrected chi connectivity index (χ1v) is 7.48. The van der Waals surface area contributed by atoms with Gasteiger partial charge in [0.25, 0.3) is 5.91 Å². The molecular formula is C17H16FN3O3. The number of aromatic nitrogens is 2. The summed E-state index contributed by atoms with van der Waals surface area (Å²) in [6.07, 6.45) is 1.51. The Hall–Kier alpha value is -2.96. The van der Waals surface area contributed by atoms with Crippen molar-refractivity contribution in [3.8, 4) is 11.6 Å². The molecule has 3 rings (SSSR count). The Bertz CT molecular complexity index is 827. The van der Waals surface area contributed by atoms with Gasteiger partial charge in [-0.3, -0.25) is 4.79 Å². The lowest BCUT2D eigenvalue weighted by Gasteiger charge is -2.18. The molecular weight excluding hydrogens is 313 g/mol. The average Bonchev–Trinajstić information content (AvgIpc) is 3.23. The molecule has 0 spiro atoms. The Balaban J connectivity index is 1.81. The van der Waals surface area contributed by atoms with Gasteiger partial charge in [0.1, 0.15) is 11.9 Å². The molecule has 1 aromatic carbocycles. The van der Waals surface area contributed by atoms with Crippen LogP contribution in [0.4, 0.5) is 4.39 Å². The summed E-state index contributed by atoms with van der Waals surface area (Å²) in [5.74, 6) is 0.158. The van der Waals surface area contributed by atoms with Crippen LogP contribution in [0.1, 0.15) is 36.1 Å². The number of halogens is 1. The van der Waals surface area contributed by atoms with Gasteiger partial charge in [0.15, 0.2) is 5.76 Å². The number of hydrogen-bond acceptors (Lipinski definition) is 5. The molecule has 1 unspecified atom stereocenters. The van der Waals surface area contributed by atoms with E-state index in [0.29, 0.717) is 11.6 Å². The SMILES string of the molecule is CC(C)C(NC(=O)c1cccc(F)c1)c1nc(-c2ccco2)no1. The third kappa shape index (κ3) is 3.34. The second-order valence-electron chi connectivity index (χ2n) is 5.64. The molecule has 1 N–H and O–H groups in total. The van der Waals surface area contributed by atoms with Crippen LogP contribution < -0.4 is 5.32 Å². The lowest BCUT2D eigenvalue weighted by molar-refractivity contribution is 0.0913. The average molecular weight is 329 g/mol. The first kappa shape index (κ1) is 15.9. The zero-order chi connectivity index (χ0) is 17.1. The summed E-state index contributed by atoms with van der Waals surface area (Å²) >= 11 is 0. The van der Waals surface area contributed by atoms with Gasteiger partial charge in [-0.2, -0.15) is 4.98 Å². The van der Waals surface area contributed by atoms with Gasteiger partial charge in [-0.05, 0) is 36.2 Å². The molecule has 0 aliphatic heterocycles. The van der Waals surface area contributed by atoms with Gasteiger partial charge in [0.05, 0.1) is 6.26 Å². The molecule has 0 radical (unpaired) electrons. The summed E-state index contributed by atoms with van der Waals surface area (Å²) < 4.78 is 23.8. The number of carbonyl (C=O) groups is 1. The van der Waals surface area contributed by atoms with E-state index in [0.717, 1.165) is 0 Å². The summed E-state index contributed by atoms with van der Waals surface area (Å²) in [6, 6.07) is 8.41. The maximum absolute atomic E-state index is 13.3. The van der Waals surface area contributed by atoms with Crippen molar-refractivity contribution >= 4 is 5.91 Å². The fourth-order valence-electron chi connectivity index (χ4n) is 2.24. The lowest BCUT2D eigenvalue weighted by Crippen LogP contribution is -2.32. The van der Waals surface area contributed by atoms with E-state index in [-0.39, 0.29) is 17.4 Å². The van der Waals surface area contributed by atoms with Gasteiger partial charge in [0.2, 0.25) is 11.7 Å². The molecule has 0 fully saturated rings. The number of nitrogens with zero attached hydrogens (tertiary/aromatic N) is 2. The predicted molar refractivity (Wildman–Crippen MR) is 83.4 cm³/mol. The fraction of sp³-hybridized carbons (Fsp3) is 0.235. The third-order valence-electron chi connectivity index (χ3n) is 3.49. The van der Waals surface area contributed by atoms with E-state index in [1.54, 1.807) is 12.1 Å². The number of amides is 1. The molecule has 0 aliphatic rings. The van der Waals surface area contributed by atoms with Crippen molar-refractivity contribution in [2.24, 2.45) is 5.92 Å². The van der Waals surface area contributed by atoms with E-state index in [1.807, 2.05) is 13.8 Å². The molecule has 7 heteroatoms. The Labute approximate surface area is 137 Å². The molecule has 6 nitrogen and oxygen atoms in total. The number of nitrogens with one attached hydrogen (secondary N) is 1. The molecule has 1 amide bonds. The monoisotopic (exact) mass is 329 g/mol. The van der Waals surface area contributed by atoms with Gasteiger partial charge in [-0.25, -0.2) is 4.39 Å². The minimum Gasteiger partial charge on any atom is -0.461 e. The highest BCUT2D eigenvalue weighted by Gasteiger charge is 2.26. The summed E-state index contributed by atoms with van der Waals surface area (Å²) in [4.78, 5) is 16.6. The van der Waals surface area contributed by atoms with E-state index in [4.69, 9.17) is 8.94 Å². The molecule has 2 aromatic heterocycles. The zero-order valence-electron chi connectivity index (χ0n) is 13.2. The minimum absolute atomic E-state index is 0.00703. The molecule has 0 bridgehead atoms. The zero-order valence-corrected chi connectivity index (χ0v) is 13.2. The number of rotatable bonds is 5. The van der Waals surface area contributed by atoms with Crippen molar-refractivity contribution in [1.29, 1.82) is 0 Å². The molecule has 124 valence electrons. The van der Waals surface area contributed by atoms with Gasteiger partial charge in [-0.1, -0.05) is 25.1 Å². The van der Waals surface area contributed by atoms with Gasteiger partial charge < -0.3 is 14.3 Å². The van der Waals surface area contributed by atoms with Crippen LogP contribution in [0.25, 0.3) is 11.6 Å². The smallest absolute Gasteiger partial charge is 0.252 e. The van der Waals surface area contributed by atoms with Crippen molar-refractivity contribution < 1.29 is 18.1 Å². The van der Waals surface area contributed by atoms with E-state index in [2.05, 4.69) is 15.5 Å². The topological polar surface area (TPSA) is 81.2 Å². The first-order chi connectivity index (χ1) is 11.5. The Morgan fingerprint density at radius 3 is 2.75 bits per heavy atom. The molecule has 1 atom stereocenters. The van der Waals surface area contributed by atoms with Gasteiger partial charge in [0, 0.05) is 5.56 Å². The largest absolute Gasteiger partial charge is 0.461 e. The van der Waals surface area contributed by atoms with Crippen molar-refractivity contribution in [3.63, 3.8) is 0 Å².